The number of nitrogens with zero attached hydrogens (tertiary/aromatic N) is 2. The second-order valence-electron chi connectivity index (χ2n) is 7.23. The maximum absolute atomic E-state index is 12.6. The van der Waals surface area contributed by atoms with Gasteiger partial charge in [-0.1, -0.05) is 42.0 Å². The fourth-order valence-electron chi connectivity index (χ4n) is 3.46. The van der Waals surface area contributed by atoms with Gasteiger partial charge in [0.05, 0.1) is 21.1 Å². The molecular weight excluding hydrogens is 416 g/mol. The number of aromatic amines is 1. The van der Waals surface area contributed by atoms with Crippen molar-refractivity contribution in [2.24, 2.45) is 0 Å². The minimum atomic E-state index is -0.0711. The summed E-state index contributed by atoms with van der Waals surface area (Å²) in [5.74, 6) is -0.0353. The molecule has 2 aromatic heterocycles. The molecule has 4 rings (SSSR count). The Bertz CT molecular complexity index is 1340. The number of aryl methyl sites for hydroxylation is 1. The fourth-order valence-corrected chi connectivity index (χ4v) is 4.70. The van der Waals surface area contributed by atoms with E-state index >= 15 is 0 Å². The number of carbonyl (C=O) groups excluding carboxylic acids is 1. The van der Waals surface area contributed by atoms with Crippen molar-refractivity contribution in [1.29, 1.82) is 0 Å². The smallest absolute Gasteiger partial charge is 0.262 e. The van der Waals surface area contributed by atoms with Crippen LogP contribution in [0.2, 0.25) is 0 Å². The molecule has 30 heavy (non-hydrogen) atoms. The van der Waals surface area contributed by atoms with E-state index in [1.807, 2.05) is 43.3 Å². The zero-order chi connectivity index (χ0) is 21.1. The third-order valence-corrected chi connectivity index (χ3v) is 6.30. The number of amides is 1. The standard InChI is InChI=1S/C22H22N4O2S2/c1-14-8-7-11-17-19(14)25-21(30-17)24-18(27)12-3-2-6-13-26-20(28)15-9-4-5-10-16(15)23-22(26)29/h4-5,7-11H,2-3,6,12-13H2,1H3,(H,23,29)(H,24,25,27). The summed E-state index contributed by atoms with van der Waals surface area (Å²) in [4.78, 5) is 32.5. The summed E-state index contributed by atoms with van der Waals surface area (Å²) >= 11 is 6.82. The second kappa shape index (κ2) is 8.89. The Morgan fingerprint density at radius 2 is 2.00 bits per heavy atom. The molecule has 8 heteroatoms. The number of hydrogen-bond acceptors (Lipinski definition) is 5. The van der Waals surface area contributed by atoms with Crippen LogP contribution in [0.5, 0.6) is 0 Å². The van der Waals surface area contributed by atoms with Crippen LogP contribution in [-0.2, 0) is 11.3 Å². The van der Waals surface area contributed by atoms with E-state index in [9.17, 15) is 9.59 Å². The van der Waals surface area contributed by atoms with Crippen LogP contribution >= 0.6 is 23.6 Å². The molecule has 0 radical (unpaired) electrons. The van der Waals surface area contributed by atoms with Gasteiger partial charge in [0.25, 0.3) is 5.56 Å². The Hall–Kier alpha value is -2.84. The summed E-state index contributed by atoms with van der Waals surface area (Å²) < 4.78 is 3.10. The van der Waals surface area contributed by atoms with Crippen molar-refractivity contribution >= 4 is 55.7 Å². The third kappa shape index (κ3) is 4.34. The number of rotatable bonds is 7. The zero-order valence-electron chi connectivity index (χ0n) is 16.6. The number of nitrogens with one attached hydrogen (secondary N) is 2. The molecule has 0 aliphatic heterocycles. The maximum atomic E-state index is 12.6. The number of benzene rings is 2. The molecule has 4 aromatic rings. The summed E-state index contributed by atoms with van der Waals surface area (Å²) in [7, 11) is 0. The molecule has 0 saturated heterocycles. The lowest BCUT2D eigenvalue weighted by Gasteiger charge is -2.08. The van der Waals surface area contributed by atoms with Crippen molar-refractivity contribution < 1.29 is 4.79 Å². The van der Waals surface area contributed by atoms with Gasteiger partial charge in [-0.3, -0.25) is 14.2 Å². The first-order valence-corrected chi connectivity index (χ1v) is 11.1. The highest BCUT2D eigenvalue weighted by atomic mass is 32.1. The van der Waals surface area contributed by atoms with Gasteiger partial charge in [-0.25, -0.2) is 4.98 Å². The Labute approximate surface area is 182 Å². The van der Waals surface area contributed by atoms with Gasteiger partial charge in [0, 0.05) is 13.0 Å². The summed E-state index contributed by atoms with van der Waals surface area (Å²) in [5, 5.41) is 4.17. The zero-order valence-corrected chi connectivity index (χ0v) is 18.2. The van der Waals surface area contributed by atoms with Gasteiger partial charge in [0.1, 0.15) is 0 Å². The highest BCUT2D eigenvalue weighted by molar-refractivity contribution is 7.71. The molecule has 0 fully saturated rings. The van der Waals surface area contributed by atoms with E-state index in [-0.39, 0.29) is 11.5 Å². The Morgan fingerprint density at radius 3 is 2.83 bits per heavy atom. The summed E-state index contributed by atoms with van der Waals surface area (Å²) in [6, 6.07) is 13.4. The molecule has 1 amide bonds. The molecule has 154 valence electrons. The van der Waals surface area contributed by atoms with Crippen LogP contribution in [0.3, 0.4) is 0 Å². The van der Waals surface area contributed by atoms with Crippen molar-refractivity contribution in [2.75, 3.05) is 5.32 Å². The molecule has 6 nitrogen and oxygen atoms in total. The van der Waals surface area contributed by atoms with Crippen LogP contribution in [0.25, 0.3) is 21.1 Å². The number of carbonyl (C=O) groups is 1. The molecule has 0 aliphatic carbocycles. The molecule has 0 bridgehead atoms. The van der Waals surface area contributed by atoms with E-state index in [0.717, 1.165) is 40.6 Å². The van der Waals surface area contributed by atoms with Gasteiger partial charge in [-0.2, -0.15) is 0 Å². The molecule has 2 N–H and O–H groups in total. The Balaban J connectivity index is 1.28. The number of hydrogen-bond donors (Lipinski definition) is 2. The molecule has 0 aliphatic rings. The maximum Gasteiger partial charge on any atom is 0.262 e. The lowest BCUT2D eigenvalue weighted by atomic mass is 10.2. The highest BCUT2D eigenvalue weighted by Crippen LogP contribution is 2.28. The molecule has 0 spiro atoms. The van der Waals surface area contributed by atoms with Crippen LogP contribution in [0.1, 0.15) is 31.2 Å². The first-order chi connectivity index (χ1) is 14.5. The molecule has 0 unspecified atom stereocenters. The second-order valence-corrected chi connectivity index (χ2v) is 8.65. The van der Waals surface area contributed by atoms with Crippen LogP contribution in [0.4, 0.5) is 5.13 Å². The number of H-pyrrole nitrogens is 1. The van der Waals surface area contributed by atoms with Crippen molar-refractivity contribution in [1.82, 2.24) is 14.5 Å². The summed E-state index contributed by atoms with van der Waals surface area (Å²) in [6.45, 7) is 2.55. The lowest BCUT2D eigenvalue weighted by Crippen LogP contribution is -2.22. The van der Waals surface area contributed by atoms with E-state index in [1.165, 1.54) is 11.3 Å². The number of para-hydroxylation sites is 2. The van der Waals surface area contributed by atoms with Crippen LogP contribution in [0, 0.1) is 11.7 Å². The van der Waals surface area contributed by atoms with E-state index in [0.29, 0.717) is 28.3 Å². The summed E-state index contributed by atoms with van der Waals surface area (Å²) in [5.41, 5.74) is 2.73. The van der Waals surface area contributed by atoms with Crippen LogP contribution < -0.4 is 10.9 Å². The van der Waals surface area contributed by atoms with E-state index in [1.54, 1.807) is 10.6 Å². The molecule has 2 heterocycles. The monoisotopic (exact) mass is 438 g/mol. The molecular formula is C22H22N4O2S2. The largest absolute Gasteiger partial charge is 0.332 e. The van der Waals surface area contributed by atoms with Crippen molar-refractivity contribution in [3.63, 3.8) is 0 Å². The van der Waals surface area contributed by atoms with Crippen LogP contribution in [0.15, 0.2) is 47.3 Å². The Kier molecular flexibility index (Phi) is 6.06. The highest BCUT2D eigenvalue weighted by Gasteiger charge is 2.09. The van der Waals surface area contributed by atoms with Crippen molar-refractivity contribution in [2.45, 2.75) is 39.2 Å². The average Bonchev–Trinajstić information content (AvgIpc) is 3.13. The number of anilines is 1. The number of fused-ring (bicyclic) bond motifs is 2. The van der Waals surface area contributed by atoms with Gasteiger partial charge in [0.15, 0.2) is 9.90 Å². The third-order valence-electron chi connectivity index (χ3n) is 5.04. The van der Waals surface area contributed by atoms with Gasteiger partial charge in [-0.05, 0) is 55.7 Å². The minimum Gasteiger partial charge on any atom is -0.332 e. The fraction of sp³-hybridized carbons (Fsp3) is 0.273. The van der Waals surface area contributed by atoms with Crippen molar-refractivity contribution in [3.8, 4) is 0 Å². The quantitative estimate of drug-likeness (QED) is 0.308. The van der Waals surface area contributed by atoms with E-state index in [4.69, 9.17) is 12.2 Å². The first-order valence-electron chi connectivity index (χ1n) is 9.91. The lowest BCUT2D eigenvalue weighted by molar-refractivity contribution is -0.116. The molecule has 2 aromatic carbocycles. The SMILES string of the molecule is Cc1cccc2sc(NC(=O)CCCCCn3c(=S)[nH]c4ccccc4c3=O)nc12. The van der Waals surface area contributed by atoms with E-state index in [2.05, 4.69) is 15.3 Å². The number of thiazole rings is 1. The van der Waals surface area contributed by atoms with Crippen LogP contribution in [-0.4, -0.2) is 20.4 Å². The summed E-state index contributed by atoms with van der Waals surface area (Å²) in [6.07, 6.45) is 2.78. The van der Waals surface area contributed by atoms with Gasteiger partial charge in [-0.15, -0.1) is 0 Å². The average molecular weight is 439 g/mol. The number of aromatic nitrogens is 3. The van der Waals surface area contributed by atoms with Gasteiger partial charge >= 0.3 is 0 Å². The molecule has 0 atom stereocenters. The van der Waals surface area contributed by atoms with Crippen molar-refractivity contribution in [3.05, 3.63) is 63.2 Å². The first kappa shape index (κ1) is 20.4. The van der Waals surface area contributed by atoms with Gasteiger partial charge < -0.3 is 10.3 Å². The van der Waals surface area contributed by atoms with Gasteiger partial charge in [0.2, 0.25) is 5.91 Å². The Morgan fingerprint density at radius 1 is 1.17 bits per heavy atom. The van der Waals surface area contributed by atoms with E-state index < -0.39 is 0 Å². The molecule has 0 saturated carbocycles. The normalized spacial score (nSPS) is 11.2. The topological polar surface area (TPSA) is 79.8 Å². The minimum absolute atomic E-state index is 0.0353. The number of unbranched alkanes of at least 4 members (excludes halogenated alkanes) is 2. The predicted octanol–water partition coefficient (Wildman–Crippen LogP) is 5.18. The predicted molar refractivity (Wildman–Crippen MR) is 125 cm³/mol.